The molecule has 2 aromatic heterocycles. The molecule has 2 aromatic rings. The molecular formula is C17H19N3O. The van der Waals surface area contributed by atoms with Gasteiger partial charge in [-0.25, -0.2) is 4.68 Å². The Balaban J connectivity index is 2.31. The van der Waals surface area contributed by atoms with Crippen molar-refractivity contribution in [3.8, 4) is 0 Å². The monoisotopic (exact) mass is 281 g/mol. The van der Waals surface area contributed by atoms with E-state index in [4.69, 9.17) is 0 Å². The highest BCUT2D eigenvalue weighted by atomic mass is 16.1. The number of hydrogen-bond donors (Lipinski definition) is 0. The normalized spacial score (nSPS) is 18.6. The number of hydrogen-bond acceptors (Lipinski definition) is 3. The summed E-state index contributed by atoms with van der Waals surface area (Å²) in [6.07, 6.45) is 10.2. The van der Waals surface area contributed by atoms with Crippen molar-refractivity contribution in [2.45, 2.75) is 33.2 Å². The molecule has 21 heavy (non-hydrogen) atoms. The third-order valence-electron chi connectivity index (χ3n) is 4.00. The molecule has 0 aromatic carbocycles. The van der Waals surface area contributed by atoms with Crippen LogP contribution in [0.3, 0.4) is 0 Å². The molecular weight excluding hydrogens is 262 g/mol. The Hall–Kier alpha value is -2.23. The second-order valence-corrected chi connectivity index (χ2v) is 5.40. The predicted octanol–water partition coefficient (Wildman–Crippen LogP) is 3.18. The lowest BCUT2D eigenvalue weighted by molar-refractivity contribution is 0.609. The molecule has 0 aliphatic heterocycles. The molecule has 0 fully saturated rings. The lowest BCUT2D eigenvalue weighted by Gasteiger charge is -2.16. The second kappa shape index (κ2) is 5.64. The summed E-state index contributed by atoms with van der Waals surface area (Å²) in [6.45, 7) is 4.69. The van der Waals surface area contributed by atoms with E-state index in [1.54, 1.807) is 6.20 Å². The summed E-state index contributed by atoms with van der Waals surface area (Å²) >= 11 is 0. The van der Waals surface area contributed by atoms with Crippen molar-refractivity contribution in [3.63, 3.8) is 0 Å². The molecule has 0 amide bonds. The molecule has 108 valence electrons. The van der Waals surface area contributed by atoms with Crippen LogP contribution in [-0.4, -0.2) is 14.8 Å². The Bertz CT molecular complexity index is 786. The van der Waals surface area contributed by atoms with Gasteiger partial charge in [-0.1, -0.05) is 25.2 Å². The Kier molecular flexibility index (Phi) is 3.69. The average Bonchev–Trinajstić information content (AvgIpc) is 2.73. The number of fused-ring (bicyclic) bond motifs is 1. The van der Waals surface area contributed by atoms with Crippen LogP contribution in [0, 0.1) is 5.92 Å². The second-order valence-electron chi connectivity index (χ2n) is 5.40. The minimum Gasteiger partial charge on any atom is -0.265 e. The number of allylic oxidation sites excluding steroid dienone is 4. The van der Waals surface area contributed by atoms with E-state index in [-0.39, 0.29) is 5.56 Å². The fourth-order valence-electron chi connectivity index (χ4n) is 2.78. The van der Waals surface area contributed by atoms with E-state index in [1.165, 1.54) is 10.3 Å². The van der Waals surface area contributed by atoms with Crippen LogP contribution in [0.1, 0.15) is 32.4 Å². The third kappa shape index (κ3) is 2.42. The zero-order valence-corrected chi connectivity index (χ0v) is 12.4. The van der Waals surface area contributed by atoms with Crippen LogP contribution in [0.5, 0.6) is 0 Å². The minimum absolute atomic E-state index is 0.116. The SMILES string of the molecule is CCn1nc(C2=CC=CCCC2C)c2cccnc2c1=O. The molecule has 2 heterocycles. The quantitative estimate of drug-likeness (QED) is 0.849. The maximum absolute atomic E-state index is 12.3. The summed E-state index contributed by atoms with van der Waals surface area (Å²) in [5.74, 6) is 0.415. The molecule has 4 nitrogen and oxygen atoms in total. The smallest absolute Gasteiger partial charge is 0.265 e. The van der Waals surface area contributed by atoms with Crippen LogP contribution in [0.25, 0.3) is 16.5 Å². The Morgan fingerprint density at radius 1 is 1.43 bits per heavy atom. The van der Waals surface area contributed by atoms with Gasteiger partial charge in [-0.15, -0.1) is 0 Å². The van der Waals surface area contributed by atoms with Crippen LogP contribution in [0.4, 0.5) is 0 Å². The van der Waals surface area contributed by atoms with Crippen LogP contribution in [0.2, 0.25) is 0 Å². The summed E-state index contributed by atoms with van der Waals surface area (Å²) in [7, 11) is 0. The van der Waals surface area contributed by atoms with Gasteiger partial charge in [0.05, 0.1) is 5.69 Å². The van der Waals surface area contributed by atoms with Gasteiger partial charge in [-0.2, -0.15) is 5.10 Å². The average molecular weight is 281 g/mol. The molecule has 0 radical (unpaired) electrons. The summed E-state index contributed by atoms with van der Waals surface area (Å²) < 4.78 is 1.51. The summed E-state index contributed by atoms with van der Waals surface area (Å²) in [5, 5.41) is 5.44. The summed E-state index contributed by atoms with van der Waals surface area (Å²) in [6, 6.07) is 3.80. The van der Waals surface area contributed by atoms with Crippen molar-refractivity contribution < 1.29 is 0 Å². The van der Waals surface area contributed by atoms with E-state index in [2.05, 4.69) is 35.2 Å². The molecule has 3 rings (SSSR count). The van der Waals surface area contributed by atoms with E-state index < -0.39 is 0 Å². The van der Waals surface area contributed by atoms with Crippen molar-refractivity contribution in [2.24, 2.45) is 5.92 Å². The number of nitrogens with zero attached hydrogens (tertiary/aromatic N) is 3. The van der Waals surface area contributed by atoms with Crippen molar-refractivity contribution in [1.82, 2.24) is 14.8 Å². The Morgan fingerprint density at radius 2 is 2.29 bits per heavy atom. The number of rotatable bonds is 2. The lowest BCUT2D eigenvalue weighted by Crippen LogP contribution is -2.25. The van der Waals surface area contributed by atoms with Crippen molar-refractivity contribution in [1.29, 1.82) is 0 Å². The highest BCUT2D eigenvalue weighted by Gasteiger charge is 2.18. The standard InChI is InChI=1S/C17H19N3O/c1-3-20-17(21)16-14(10-7-11-18-16)15(19-20)13-9-6-4-5-8-12(13)2/h4,6-7,9-12H,3,5,8H2,1-2H3. The highest BCUT2D eigenvalue weighted by molar-refractivity contribution is 5.89. The predicted molar refractivity (Wildman–Crippen MR) is 85.0 cm³/mol. The molecule has 0 saturated carbocycles. The third-order valence-corrected chi connectivity index (χ3v) is 4.00. The Labute approximate surface area is 123 Å². The van der Waals surface area contributed by atoms with E-state index >= 15 is 0 Å². The van der Waals surface area contributed by atoms with E-state index in [1.807, 2.05) is 19.1 Å². The zero-order valence-electron chi connectivity index (χ0n) is 12.4. The molecule has 1 unspecified atom stereocenters. The molecule has 1 aliphatic carbocycles. The van der Waals surface area contributed by atoms with Gasteiger partial charge in [-0.05, 0) is 43.4 Å². The summed E-state index contributed by atoms with van der Waals surface area (Å²) in [4.78, 5) is 16.6. The number of pyridine rings is 1. The van der Waals surface area contributed by atoms with Crippen LogP contribution in [-0.2, 0) is 6.54 Å². The van der Waals surface area contributed by atoms with Gasteiger partial charge < -0.3 is 0 Å². The first-order chi connectivity index (χ1) is 10.2. The summed E-state index contributed by atoms with van der Waals surface area (Å²) in [5.41, 5.74) is 2.46. The topological polar surface area (TPSA) is 47.8 Å². The highest BCUT2D eigenvalue weighted by Crippen LogP contribution is 2.30. The molecule has 0 spiro atoms. The molecule has 1 aliphatic rings. The number of aromatic nitrogens is 3. The fourth-order valence-corrected chi connectivity index (χ4v) is 2.78. The lowest BCUT2D eigenvalue weighted by atomic mass is 9.93. The van der Waals surface area contributed by atoms with Gasteiger partial charge in [-0.3, -0.25) is 9.78 Å². The Morgan fingerprint density at radius 3 is 3.10 bits per heavy atom. The zero-order chi connectivity index (χ0) is 14.8. The molecule has 0 N–H and O–H groups in total. The van der Waals surface area contributed by atoms with Gasteiger partial charge in [0.25, 0.3) is 5.56 Å². The molecule has 0 saturated heterocycles. The van der Waals surface area contributed by atoms with Gasteiger partial charge in [0.1, 0.15) is 5.52 Å². The van der Waals surface area contributed by atoms with Crippen molar-refractivity contribution >= 4 is 16.5 Å². The first-order valence-electron chi connectivity index (χ1n) is 7.45. The van der Waals surface area contributed by atoms with Crippen molar-refractivity contribution in [3.05, 3.63) is 52.6 Å². The maximum Gasteiger partial charge on any atom is 0.293 e. The fraction of sp³-hybridized carbons (Fsp3) is 0.353. The maximum atomic E-state index is 12.3. The van der Waals surface area contributed by atoms with Gasteiger partial charge >= 0.3 is 0 Å². The van der Waals surface area contributed by atoms with Crippen LogP contribution >= 0.6 is 0 Å². The minimum atomic E-state index is -0.116. The van der Waals surface area contributed by atoms with Gasteiger partial charge in [0.15, 0.2) is 0 Å². The van der Waals surface area contributed by atoms with Gasteiger partial charge in [0, 0.05) is 18.1 Å². The largest absolute Gasteiger partial charge is 0.293 e. The molecule has 4 heteroatoms. The first kappa shape index (κ1) is 13.7. The molecule has 0 bridgehead atoms. The van der Waals surface area contributed by atoms with E-state index in [0.717, 1.165) is 23.9 Å². The van der Waals surface area contributed by atoms with Crippen LogP contribution < -0.4 is 5.56 Å². The van der Waals surface area contributed by atoms with Crippen LogP contribution in [0.15, 0.2) is 41.4 Å². The van der Waals surface area contributed by atoms with E-state index in [9.17, 15) is 4.79 Å². The van der Waals surface area contributed by atoms with Gasteiger partial charge in [0.2, 0.25) is 0 Å². The number of aryl methyl sites for hydroxylation is 1. The molecule has 1 atom stereocenters. The van der Waals surface area contributed by atoms with E-state index in [0.29, 0.717) is 18.0 Å². The van der Waals surface area contributed by atoms with Crippen molar-refractivity contribution in [2.75, 3.05) is 0 Å². The first-order valence-corrected chi connectivity index (χ1v) is 7.45.